The van der Waals surface area contributed by atoms with Crippen molar-refractivity contribution in [1.29, 1.82) is 0 Å². The minimum absolute atomic E-state index is 0.425. The van der Waals surface area contributed by atoms with Crippen LogP contribution in [0.4, 0.5) is 0 Å². The van der Waals surface area contributed by atoms with Crippen molar-refractivity contribution in [2.75, 3.05) is 26.3 Å². The molecule has 1 aromatic carbocycles. The largest absolute Gasteiger partial charge is 0.382 e. The van der Waals surface area contributed by atoms with Gasteiger partial charge in [0.05, 0.1) is 6.54 Å². The van der Waals surface area contributed by atoms with Crippen LogP contribution in [-0.2, 0) is 11.3 Å². The molecule has 0 spiro atoms. The molecule has 0 saturated heterocycles. The first-order valence-corrected chi connectivity index (χ1v) is 8.83. The van der Waals surface area contributed by atoms with Gasteiger partial charge in [-0.3, -0.25) is 0 Å². The standard InChI is InChI=1S/C19H31N3O/c1-4-20-18(21-14-17-9-7-6-8-16(17)3)22-15-19(10-11-19)12-13-23-5-2/h6-9H,4-5,10-15H2,1-3H3,(H2,20,21,22). The molecule has 2 N–H and O–H groups in total. The molecule has 0 aromatic heterocycles. The van der Waals surface area contributed by atoms with Crippen molar-refractivity contribution >= 4 is 5.96 Å². The molecule has 0 aliphatic heterocycles. The molecule has 0 heterocycles. The van der Waals surface area contributed by atoms with Gasteiger partial charge in [-0.15, -0.1) is 0 Å². The summed E-state index contributed by atoms with van der Waals surface area (Å²) in [4.78, 5) is 4.74. The van der Waals surface area contributed by atoms with Crippen LogP contribution in [0.25, 0.3) is 0 Å². The molecule has 0 bridgehead atoms. The van der Waals surface area contributed by atoms with Crippen molar-refractivity contribution in [3.63, 3.8) is 0 Å². The lowest BCUT2D eigenvalue weighted by Crippen LogP contribution is -2.40. The Morgan fingerprint density at radius 2 is 2.00 bits per heavy atom. The minimum atomic E-state index is 0.425. The highest BCUT2D eigenvalue weighted by atomic mass is 16.5. The van der Waals surface area contributed by atoms with E-state index in [0.717, 1.165) is 38.7 Å². The molecule has 0 unspecified atom stereocenters. The zero-order chi connectivity index (χ0) is 16.5. The van der Waals surface area contributed by atoms with E-state index in [-0.39, 0.29) is 0 Å². The third-order valence-corrected chi connectivity index (χ3v) is 4.58. The second-order valence-corrected chi connectivity index (χ2v) is 6.42. The Balaban J connectivity index is 1.86. The predicted molar refractivity (Wildman–Crippen MR) is 96.8 cm³/mol. The van der Waals surface area contributed by atoms with Crippen LogP contribution in [0.1, 0.15) is 44.2 Å². The Morgan fingerprint density at radius 1 is 1.22 bits per heavy atom. The van der Waals surface area contributed by atoms with Gasteiger partial charge in [-0.25, -0.2) is 4.99 Å². The molecule has 1 aliphatic rings. The van der Waals surface area contributed by atoms with E-state index < -0.39 is 0 Å². The van der Waals surface area contributed by atoms with E-state index in [1.54, 1.807) is 0 Å². The predicted octanol–water partition coefficient (Wildman–Crippen LogP) is 3.26. The number of ether oxygens (including phenoxy) is 1. The van der Waals surface area contributed by atoms with Crippen LogP contribution in [0, 0.1) is 12.3 Å². The summed E-state index contributed by atoms with van der Waals surface area (Å²) in [6, 6.07) is 8.43. The van der Waals surface area contributed by atoms with E-state index in [4.69, 9.17) is 9.73 Å². The highest BCUT2D eigenvalue weighted by Crippen LogP contribution is 2.48. The van der Waals surface area contributed by atoms with E-state index in [1.807, 2.05) is 0 Å². The maximum Gasteiger partial charge on any atom is 0.191 e. The summed E-state index contributed by atoms with van der Waals surface area (Å²) < 4.78 is 5.51. The Morgan fingerprint density at radius 3 is 2.65 bits per heavy atom. The molecule has 0 radical (unpaired) electrons. The first-order valence-electron chi connectivity index (χ1n) is 8.83. The molecule has 0 amide bonds. The molecule has 128 valence electrons. The van der Waals surface area contributed by atoms with E-state index in [1.165, 1.54) is 24.0 Å². The molecule has 1 fully saturated rings. The normalized spacial score (nSPS) is 16.2. The Labute approximate surface area is 140 Å². The SMILES string of the molecule is CCNC(=NCc1ccccc1C)NCC1(CCOCC)CC1. The van der Waals surface area contributed by atoms with Crippen molar-refractivity contribution in [2.24, 2.45) is 10.4 Å². The van der Waals surface area contributed by atoms with E-state index in [0.29, 0.717) is 12.0 Å². The van der Waals surface area contributed by atoms with Gasteiger partial charge < -0.3 is 15.4 Å². The van der Waals surface area contributed by atoms with Gasteiger partial charge in [-0.05, 0) is 56.6 Å². The zero-order valence-corrected chi connectivity index (χ0v) is 14.8. The van der Waals surface area contributed by atoms with Gasteiger partial charge in [-0.1, -0.05) is 24.3 Å². The minimum Gasteiger partial charge on any atom is -0.382 e. The number of rotatable bonds is 9. The summed E-state index contributed by atoms with van der Waals surface area (Å²) in [6.07, 6.45) is 3.74. The number of hydrogen-bond acceptors (Lipinski definition) is 2. The summed E-state index contributed by atoms with van der Waals surface area (Å²) in [5.41, 5.74) is 3.00. The molecule has 23 heavy (non-hydrogen) atoms. The van der Waals surface area contributed by atoms with Crippen LogP contribution < -0.4 is 10.6 Å². The number of nitrogens with zero attached hydrogens (tertiary/aromatic N) is 1. The third kappa shape index (κ3) is 5.87. The Bertz CT molecular complexity index is 509. The topological polar surface area (TPSA) is 45.7 Å². The Hall–Kier alpha value is -1.55. The summed E-state index contributed by atoms with van der Waals surface area (Å²) in [5.74, 6) is 0.915. The lowest BCUT2D eigenvalue weighted by Gasteiger charge is -2.18. The van der Waals surface area contributed by atoms with Crippen molar-refractivity contribution in [1.82, 2.24) is 10.6 Å². The van der Waals surface area contributed by atoms with Crippen molar-refractivity contribution in [3.05, 3.63) is 35.4 Å². The number of aryl methyl sites for hydroxylation is 1. The van der Waals surface area contributed by atoms with Crippen LogP contribution in [0.15, 0.2) is 29.3 Å². The van der Waals surface area contributed by atoms with E-state index in [2.05, 4.69) is 55.7 Å². The van der Waals surface area contributed by atoms with Crippen molar-refractivity contribution < 1.29 is 4.74 Å². The van der Waals surface area contributed by atoms with Crippen LogP contribution in [-0.4, -0.2) is 32.3 Å². The molecule has 1 saturated carbocycles. The van der Waals surface area contributed by atoms with Gasteiger partial charge in [-0.2, -0.15) is 0 Å². The first-order chi connectivity index (χ1) is 11.2. The number of benzene rings is 1. The number of guanidine groups is 1. The molecule has 1 aliphatic carbocycles. The fraction of sp³-hybridized carbons (Fsp3) is 0.632. The molecular formula is C19H31N3O. The second kappa shape index (κ2) is 8.92. The van der Waals surface area contributed by atoms with E-state index in [9.17, 15) is 0 Å². The van der Waals surface area contributed by atoms with Crippen molar-refractivity contribution in [3.8, 4) is 0 Å². The van der Waals surface area contributed by atoms with Crippen molar-refractivity contribution in [2.45, 2.75) is 46.6 Å². The molecular weight excluding hydrogens is 286 g/mol. The second-order valence-electron chi connectivity index (χ2n) is 6.42. The average Bonchev–Trinajstić information content (AvgIpc) is 3.32. The molecule has 4 nitrogen and oxygen atoms in total. The zero-order valence-electron chi connectivity index (χ0n) is 14.8. The summed E-state index contributed by atoms with van der Waals surface area (Å²) >= 11 is 0. The van der Waals surface area contributed by atoms with Crippen LogP contribution in [0.2, 0.25) is 0 Å². The molecule has 0 atom stereocenters. The molecule has 1 aromatic rings. The fourth-order valence-electron chi connectivity index (χ4n) is 2.69. The lowest BCUT2D eigenvalue weighted by atomic mass is 10.0. The maximum atomic E-state index is 5.51. The van der Waals surface area contributed by atoms with Gasteiger partial charge in [0.1, 0.15) is 0 Å². The highest BCUT2D eigenvalue weighted by Gasteiger charge is 2.41. The third-order valence-electron chi connectivity index (χ3n) is 4.58. The first kappa shape index (κ1) is 17.8. The van der Waals surface area contributed by atoms with Crippen LogP contribution in [0.3, 0.4) is 0 Å². The number of nitrogens with one attached hydrogen (secondary N) is 2. The summed E-state index contributed by atoms with van der Waals surface area (Å²) in [6.45, 7) is 10.6. The monoisotopic (exact) mass is 317 g/mol. The number of aliphatic imine (C=N–C) groups is 1. The van der Waals surface area contributed by atoms with Gasteiger partial charge in [0.2, 0.25) is 0 Å². The number of hydrogen-bond donors (Lipinski definition) is 2. The fourth-order valence-corrected chi connectivity index (χ4v) is 2.69. The quantitative estimate of drug-likeness (QED) is 0.417. The Kier molecular flexibility index (Phi) is 6.90. The van der Waals surface area contributed by atoms with Crippen LogP contribution in [0.5, 0.6) is 0 Å². The van der Waals surface area contributed by atoms with Gasteiger partial charge >= 0.3 is 0 Å². The summed E-state index contributed by atoms with van der Waals surface area (Å²) in [5, 5.41) is 6.87. The van der Waals surface area contributed by atoms with E-state index >= 15 is 0 Å². The van der Waals surface area contributed by atoms with Gasteiger partial charge in [0.15, 0.2) is 5.96 Å². The molecule has 4 heteroatoms. The lowest BCUT2D eigenvalue weighted by molar-refractivity contribution is 0.128. The van der Waals surface area contributed by atoms with Crippen LogP contribution >= 0.6 is 0 Å². The van der Waals surface area contributed by atoms with Gasteiger partial charge in [0.25, 0.3) is 0 Å². The highest BCUT2D eigenvalue weighted by molar-refractivity contribution is 5.79. The molecule has 2 rings (SSSR count). The average molecular weight is 317 g/mol. The smallest absolute Gasteiger partial charge is 0.191 e. The summed E-state index contributed by atoms with van der Waals surface area (Å²) in [7, 11) is 0. The maximum absolute atomic E-state index is 5.51. The van der Waals surface area contributed by atoms with Gasteiger partial charge in [0, 0.05) is 26.3 Å².